The summed E-state index contributed by atoms with van der Waals surface area (Å²) in [7, 11) is 1.26. The summed E-state index contributed by atoms with van der Waals surface area (Å²) in [5, 5.41) is 3.53. The monoisotopic (exact) mass is 433 g/mol. The van der Waals surface area contributed by atoms with Gasteiger partial charge in [-0.25, -0.2) is 9.18 Å². The van der Waals surface area contributed by atoms with E-state index in [0.29, 0.717) is 26.9 Å². The van der Waals surface area contributed by atoms with Crippen molar-refractivity contribution in [3.63, 3.8) is 0 Å². The van der Waals surface area contributed by atoms with Crippen LogP contribution >= 0.6 is 22.9 Å². The van der Waals surface area contributed by atoms with E-state index in [0.717, 1.165) is 4.88 Å². The number of rotatable bonds is 6. The zero-order chi connectivity index (χ0) is 21.0. The second-order valence-corrected chi connectivity index (χ2v) is 7.69. The van der Waals surface area contributed by atoms with Crippen molar-refractivity contribution in [2.24, 2.45) is 0 Å². The second kappa shape index (κ2) is 9.07. The van der Waals surface area contributed by atoms with Crippen LogP contribution in [0.4, 0.5) is 9.39 Å². The molecule has 0 bridgehead atoms. The van der Waals surface area contributed by atoms with Gasteiger partial charge in [0.1, 0.15) is 22.1 Å². The standard InChI is InChI=1S/C21H17ClFNO4S/c1-12-18(13-6-8-15(23)9-7-13)19(21(26)27-2)20(29-12)24-17(25)11-28-16-5-3-4-14(22)10-16/h3-10H,11H2,1-2H3,(H,24,25). The molecule has 1 heterocycles. The molecule has 5 nitrogen and oxygen atoms in total. The van der Waals surface area contributed by atoms with Crippen molar-refractivity contribution >= 4 is 39.8 Å². The fraction of sp³-hybridized carbons (Fsp3) is 0.143. The third-order valence-electron chi connectivity index (χ3n) is 4.03. The summed E-state index contributed by atoms with van der Waals surface area (Å²) in [6, 6.07) is 12.5. The Hall–Kier alpha value is -2.90. The van der Waals surface area contributed by atoms with Gasteiger partial charge in [-0.15, -0.1) is 11.3 Å². The molecule has 0 spiro atoms. The van der Waals surface area contributed by atoms with Crippen LogP contribution in [0.2, 0.25) is 5.02 Å². The lowest BCUT2D eigenvalue weighted by Crippen LogP contribution is -2.21. The Kier molecular flexibility index (Phi) is 6.51. The number of thiophene rings is 1. The van der Waals surface area contributed by atoms with Crippen molar-refractivity contribution in [3.05, 3.63) is 69.8 Å². The van der Waals surface area contributed by atoms with E-state index in [1.54, 1.807) is 36.4 Å². The van der Waals surface area contributed by atoms with E-state index in [4.69, 9.17) is 21.1 Å². The van der Waals surface area contributed by atoms with E-state index < -0.39 is 11.9 Å². The maximum Gasteiger partial charge on any atom is 0.341 e. The van der Waals surface area contributed by atoms with Crippen LogP contribution < -0.4 is 10.1 Å². The van der Waals surface area contributed by atoms with E-state index in [1.807, 2.05) is 6.92 Å². The molecule has 1 N–H and O–H groups in total. The van der Waals surface area contributed by atoms with Gasteiger partial charge in [-0.05, 0) is 42.8 Å². The number of ether oxygens (including phenoxy) is 2. The first-order chi connectivity index (χ1) is 13.9. The van der Waals surface area contributed by atoms with Gasteiger partial charge in [0.05, 0.1) is 7.11 Å². The highest BCUT2D eigenvalue weighted by molar-refractivity contribution is 7.17. The Morgan fingerprint density at radius 2 is 1.90 bits per heavy atom. The molecule has 0 saturated heterocycles. The Morgan fingerprint density at radius 1 is 1.17 bits per heavy atom. The average molecular weight is 434 g/mol. The Labute approximate surface area is 176 Å². The first-order valence-corrected chi connectivity index (χ1v) is 9.74. The van der Waals surface area contributed by atoms with E-state index in [2.05, 4.69) is 5.32 Å². The molecule has 0 unspecified atom stereocenters. The number of hydrogen-bond acceptors (Lipinski definition) is 5. The van der Waals surface area contributed by atoms with Crippen LogP contribution in [0.15, 0.2) is 48.5 Å². The molecular weight excluding hydrogens is 417 g/mol. The largest absolute Gasteiger partial charge is 0.484 e. The van der Waals surface area contributed by atoms with E-state index in [1.165, 1.54) is 30.6 Å². The van der Waals surface area contributed by atoms with Gasteiger partial charge < -0.3 is 14.8 Å². The van der Waals surface area contributed by atoms with Crippen LogP contribution in [0, 0.1) is 12.7 Å². The van der Waals surface area contributed by atoms with Crippen molar-refractivity contribution in [1.29, 1.82) is 0 Å². The lowest BCUT2D eigenvalue weighted by molar-refractivity contribution is -0.118. The molecule has 3 rings (SSSR count). The SMILES string of the molecule is COC(=O)c1c(NC(=O)COc2cccc(Cl)c2)sc(C)c1-c1ccc(F)cc1. The molecular formula is C21H17ClFNO4S. The lowest BCUT2D eigenvalue weighted by Gasteiger charge is -2.09. The molecule has 0 aliphatic heterocycles. The van der Waals surface area contributed by atoms with Crippen LogP contribution in [0.1, 0.15) is 15.2 Å². The lowest BCUT2D eigenvalue weighted by atomic mass is 10.0. The number of benzene rings is 2. The number of esters is 1. The predicted octanol–water partition coefficient (Wildman–Crippen LogP) is 5.32. The number of hydrogen-bond donors (Lipinski definition) is 1. The Balaban J connectivity index is 1.85. The van der Waals surface area contributed by atoms with Gasteiger partial charge in [0, 0.05) is 15.5 Å². The van der Waals surface area contributed by atoms with Crippen molar-refractivity contribution in [3.8, 4) is 16.9 Å². The van der Waals surface area contributed by atoms with Gasteiger partial charge >= 0.3 is 5.97 Å². The molecule has 2 aromatic carbocycles. The Bertz CT molecular complexity index is 1050. The molecule has 0 atom stereocenters. The quantitative estimate of drug-likeness (QED) is 0.534. The molecule has 0 fully saturated rings. The van der Waals surface area contributed by atoms with E-state index >= 15 is 0 Å². The smallest absolute Gasteiger partial charge is 0.341 e. The zero-order valence-electron chi connectivity index (χ0n) is 15.6. The maximum atomic E-state index is 13.3. The third-order valence-corrected chi connectivity index (χ3v) is 5.28. The van der Waals surface area contributed by atoms with Crippen LogP contribution in [0.5, 0.6) is 5.75 Å². The van der Waals surface area contributed by atoms with Crippen LogP contribution in [0.3, 0.4) is 0 Å². The normalized spacial score (nSPS) is 10.5. The van der Waals surface area contributed by atoms with Gasteiger partial charge in [-0.1, -0.05) is 29.8 Å². The molecule has 0 saturated carbocycles. The topological polar surface area (TPSA) is 64.6 Å². The second-order valence-electron chi connectivity index (χ2n) is 6.03. The van der Waals surface area contributed by atoms with Gasteiger partial charge in [-0.2, -0.15) is 0 Å². The number of methoxy groups -OCH3 is 1. The van der Waals surface area contributed by atoms with Crippen molar-refractivity contribution in [2.75, 3.05) is 19.0 Å². The number of carbonyl (C=O) groups excluding carboxylic acids is 2. The molecule has 8 heteroatoms. The highest BCUT2D eigenvalue weighted by Gasteiger charge is 2.25. The molecule has 1 aromatic heterocycles. The molecule has 0 aliphatic rings. The number of amides is 1. The number of anilines is 1. The summed E-state index contributed by atoms with van der Waals surface area (Å²) in [6.45, 7) is 1.55. The molecule has 3 aromatic rings. The van der Waals surface area contributed by atoms with Gasteiger partial charge in [0.25, 0.3) is 5.91 Å². The number of carbonyl (C=O) groups is 2. The van der Waals surface area contributed by atoms with Crippen molar-refractivity contribution < 1.29 is 23.5 Å². The summed E-state index contributed by atoms with van der Waals surface area (Å²) in [5.41, 5.74) is 1.46. The maximum absolute atomic E-state index is 13.3. The fourth-order valence-electron chi connectivity index (χ4n) is 2.76. The first kappa shape index (κ1) is 20.8. The zero-order valence-corrected chi connectivity index (χ0v) is 17.2. The van der Waals surface area contributed by atoms with E-state index in [9.17, 15) is 14.0 Å². The molecule has 0 aliphatic carbocycles. The minimum absolute atomic E-state index is 0.220. The number of aryl methyl sites for hydroxylation is 1. The highest BCUT2D eigenvalue weighted by atomic mass is 35.5. The minimum Gasteiger partial charge on any atom is -0.484 e. The molecule has 150 valence electrons. The summed E-state index contributed by atoms with van der Waals surface area (Å²) in [6.07, 6.45) is 0. The predicted molar refractivity (Wildman–Crippen MR) is 111 cm³/mol. The minimum atomic E-state index is -0.597. The Morgan fingerprint density at radius 3 is 2.55 bits per heavy atom. The van der Waals surface area contributed by atoms with Crippen molar-refractivity contribution in [1.82, 2.24) is 0 Å². The summed E-state index contributed by atoms with van der Waals surface area (Å²) >= 11 is 7.13. The summed E-state index contributed by atoms with van der Waals surface area (Å²) in [5.74, 6) is -0.968. The molecule has 1 amide bonds. The molecule has 29 heavy (non-hydrogen) atoms. The number of nitrogens with one attached hydrogen (secondary N) is 1. The van der Waals surface area contributed by atoms with Crippen LogP contribution in [-0.2, 0) is 9.53 Å². The van der Waals surface area contributed by atoms with Crippen LogP contribution in [-0.4, -0.2) is 25.6 Å². The van der Waals surface area contributed by atoms with Crippen LogP contribution in [0.25, 0.3) is 11.1 Å². The van der Waals surface area contributed by atoms with Crippen molar-refractivity contribution in [2.45, 2.75) is 6.92 Å². The van der Waals surface area contributed by atoms with Gasteiger partial charge in [0.15, 0.2) is 6.61 Å². The summed E-state index contributed by atoms with van der Waals surface area (Å²) < 4.78 is 23.6. The molecule has 0 radical (unpaired) electrons. The van der Waals surface area contributed by atoms with Gasteiger partial charge in [0.2, 0.25) is 0 Å². The van der Waals surface area contributed by atoms with E-state index in [-0.39, 0.29) is 18.0 Å². The first-order valence-electron chi connectivity index (χ1n) is 8.55. The highest BCUT2D eigenvalue weighted by Crippen LogP contribution is 2.40. The number of halogens is 2. The average Bonchev–Trinajstić information content (AvgIpc) is 3.02. The van der Waals surface area contributed by atoms with Gasteiger partial charge in [-0.3, -0.25) is 4.79 Å². The third kappa shape index (κ3) is 4.93. The fourth-order valence-corrected chi connectivity index (χ4v) is 4.02. The summed E-state index contributed by atoms with van der Waals surface area (Å²) in [4.78, 5) is 25.6.